The van der Waals surface area contributed by atoms with Crippen molar-refractivity contribution >= 4 is 15.9 Å². The molecule has 1 aliphatic rings. The van der Waals surface area contributed by atoms with Gasteiger partial charge in [-0.25, -0.2) is 13.1 Å². The molecular formula is C15H22N2O4S. The predicted molar refractivity (Wildman–Crippen MR) is 84.5 cm³/mol. The molecule has 1 fully saturated rings. The standard InChI is InChI=1S/C15H22N2O4S/c1-21-14-7-3-6-13(9-14)15(18)17-8-4-5-12(11-17)10-16-22(2,19)20/h3,6-7,9,12,16H,4-5,8,10-11H2,1-2H3/t12-/m1/s1. The highest BCUT2D eigenvalue weighted by Crippen LogP contribution is 2.20. The van der Waals surface area contributed by atoms with E-state index in [1.54, 1.807) is 36.3 Å². The number of likely N-dealkylation sites (tertiary alicyclic amines) is 1. The van der Waals surface area contributed by atoms with Gasteiger partial charge in [-0.3, -0.25) is 4.79 Å². The first kappa shape index (κ1) is 16.8. The second-order valence-corrected chi connectivity index (χ2v) is 7.45. The summed E-state index contributed by atoms with van der Waals surface area (Å²) in [6, 6.07) is 7.08. The van der Waals surface area contributed by atoms with Crippen LogP contribution in [-0.2, 0) is 10.0 Å². The third kappa shape index (κ3) is 4.71. The number of amides is 1. The Hall–Kier alpha value is -1.60. The highest BCUT2D eigenvalue weighted by Gasteiger charge is 2.25. The first-order valence-corrected chi connectivity index (χ1v) is 9.16. The topological polar surface area (TPSA) is 75.7 Å². The summed E-state index contributed by atoms with van der Waals surface area (Å²) < 4.78 is 30.0. The summed E-state index contributed by atoms with van der Waals surface area (Å²) in [6.07, 6.45) is 2.95. The van der Waals surface area contributed by atoms with Gasteiger partial charge < -0.3 is 9.64 Å². The minimum absolute atomic E-state index is 0.0389. The summed E-state index contributed by atoms with van der Waals surface area (Å²) >= 11 is 0. The number of sulfonamides is 1. The molecule has 6 nitrogen and oxygen atoms in total. The number of nitrogens with zero attached hydrogens (tertiary/aromatic N) is 1. The molecule has 2 rings (SSSR count). The molecule has 0 saturated carbocycles. The zero-order chi connectivity index (χ0) is 16.2. The molecular weight excluding hydrogens is 304 g/mol. The number of methoxy groups -OCH3 is 1. The normalized spacial score (nSPS) is 19.0. The third-order valence-electron chi connectivity index (χ3n) is 3.76. The second-order valence-electron chi connectivity index (χ2n) is 5.61. The summed E-state index contributed by atoms with van der Waals surface area (Å²) in [5.41, 5.74) is 0.594. The lowest BCUT2D eigenvalue weighted by molar-refractivity contribution is 0.0676. The van der Waals surface area contributed by atoms with Crippen LogP contribution in [0.3, 0.4) is 0 Å². The number of rotatable bonds is 5. The van der Waals surface area contributed by atoms with Crippen molar-refractivity contribution in [2.45, 2.75) is 12.8 Å². The molecule has 1 aliphatic heterocycles. The summed E-state index contributed by atoms with van der Waals surface area (Å²) in [4.78, 5) is 14.3. The van der Waals surface area contributed by atoms with Crippen LogP contribution in [0.1, 0.15) is 23.2 Å². The van der Waals surface area contributed by atoms with Crippen LogP contribution in [0.5, 0.6) is 5.75 Å². The molecule has 1 amide bonds. The molecule has 7 heteroatoms. The van der Waals surface area contributed by atoms with Gasteiger partial charge in [-0.15, -0.1) is 0 Å². The molecule has 1 atom stereocenters. The lowest BCUT2D eigenvalue weighted by atomic mass is 9.97. The molecule has 1 N–H and O–H groups in total. The van der Waals surface area contributed by atoms with E-state index in [4.69, 9.17) is 4.74 Å². The van der Waals surface area contributed by atoms with Crippen LogP contribution >= 0.6 is 0 Å². The molecule has 122 valence electrons. The Labute approximate surface area is 131 Å². The zero-order valence-electron chi connectivity index (χ0n) is 12.9. The van der Waals surface area contributed by atoms with Gasteiger partial charge in [-0.1, -0.05) is 6.07 Å². The van der Waals surface area contributed by atoms with Gasteiger partial charge in [0.25, 0.3) is 5.91 Å². The van der Waals surface area contributed by atoms with E-state index in [0.717, 1.165) is 19.1 Å². The number of nitrogens with one attached hydrogen (secondary N) is 1. The van der Waals surface area contributed by atoms with Gasteiger partial charge in [0.1, 0.15) is 5.75 Å². The first-order chi connectivity index (χ1) is 10.4. The minimum Gasteiger partial charge on any atom is -0.497 e. The maximum atomic E-state index is 12.5. The van der Waals surface area contributed by atoms with E-state index in [2.05, 4.69) is 4.72 Å². The van der Waals surface area contributed by atoms with Crippen LogP contribution in [0.4, 0.5) is 0 Å². The van der Waals surface area contributed by atoms with Crippen LogP contribution in [0.25, 0.3) is 0 Å². The Kier molecular flexibility index (Phi) is 5.42. The summed E-state index contributed by atoms with van der Waals surface area (Å²) in [5.74, 6) is 0.763. The Morgan fingerprint density at radius 1 is 1.45 bits per heavy atom. The van der Waals surface area contributed by atoms with E-state index in [9.17, 15) is 13.2 Å². The molecule has 22 heavy (non-hydrogen) atoms. The predicted octanol–water partition coefficient (Wildman–Crippen LogP) is 1.10. The molecule has 0 radical (unpaired) electrons. The number of ether oxygens (including phenoxy) is 1. The third-order valence-corrected chi connectivity index (χ3v) is 4.45. The quantitative estimate of drug-likeness (QED) is 0.879. The van der Waals surface area contributed by atoms with Crippen molar-refractivity contribution in [1.29, 1.82) is 0 Å². The molecule has 0 bridgehead atoms. The molecule has 0 unspecified atom stereocenters. The van der Waals surface area contributed by atoms with Crippen LogP contribution in [0.15, 0.2) is 24.3 Å². The van der Waals surface area contributed by atoms with Crippen molar-refractivity contribution in [3.8, 4) is 5.75 Å². The number of carbonyl (C=O) groups is 1. The van der Waals surface area contributed by atoms with Crippen molar-refractivity contribution in [3.63, 3.8) is 0 Å². The van der Waals surface area contributed by atoms with E-state index >= 15 is 0 Å². The van der Waals surface area contributed by atoms with Gasteiger partial charge in [0.15, 0.2) is 0 Å². The van der Waals surface area contributed by atoms with E-state index in [1.807, 2.05) is 0 Å². The van der Waals surface area contributed by atoms with Gasteiger partial charge in [0, 0.05) is 25.2 Å². The Morgan fingerprint density at radius 3 is 2.91 bits per heavy atom. The SMILES string of the molecule is COc1cccc(C(=O)N2CCC[C@H](CNS(C)(=O)=O)C2)c1. The second kappa shape index (κ2) is 7.11. The zero-order valence-corrected chi connectivity index (χ0v) is 13.7. The fraction of sp³-hybridized carbons (Fsp3) is 0.533. The Balaban J connectivity index is 2.00. The molecule has 0 aliphatic carbocycles. The molecule has 1 saturated heterocycles. The molecule has 1 aromatic carbocycles. The molecule has 1 aromatic rings. The molecule has 0 aromatic heterocycles. The average Bonchev–Trinajstić information content (AvgIpc) is 2.52. The fourth-order valence-corrected chi connectivity index (χ4v) is 3.16. The van der Waals surface area contributed by atoms with E-state index in [0.29, 0.717) is 30.9 Å². The number of hydrogen-bond donors (Lipinski definition) is 1. The number of carbonyl (C=O) groups excluding carboxylic acids is 1. The first-order valence-electron chi connectivity index (χ1n) is 7.27. The molecule has 1 heterocycles. The molecule has 0 spiro atoms. The monoisotopic (exact) mass is 326 g/mol. The van der Waals surface area contributed by atoms with Crippen molar-refractivity contribution < 1.29 is 17.9 Å². The van der Waals surface area contributed by atoms with Crippen molar-refractivity contribution in [2.75, 3.05) is 33.0 Å². The summed E-state index contributed by atoms with van der Waals surface area (Å²) in [5, 5.41) is 0. The maximum Gasteiger partial charge on any atom is 0.253 e. The van der Waals surface area contributed by atoms with Crippen molar-refractivity contribution in [3.05, 3.63) is 29.8 Å². The average molecular weight is 326 g/mol. The van der Waals surface area contributed by atoms with Crippen LogP contribution in [0.2, 0.25) is 0 Å². The van der Waals surface area contributed by atoms with E-state index in [-0.39, 0.29) is 11.8 Å². The van der Waals surface area contributed by atoms with Gasteiger partial charge in [0.2, 0.25) is 10.0 Å². The van der Waals surface area contributed by atoms with Crippen molar-refractivity contribution in [2.24, 2.45) is 5.92 Å². The van der Waals surface area contributed by atoms with Crippen LogP contribution in [0, 0.1) is 5.92 Å². The van der Waals surface area contributed by atoms with Gasteiger partial charge in [-0.2, -0.15) is 0 Å². The van der Waals surface area contributed by atoms with E-state index < -0.39 is 10.0 Å². The van der Waals surface area contributed by atoms with Gasteiger partial charge in [-0.05, 0) is 37.0 Å². The number of hydrogen-bond acceptors (Lipinski definition) is 4. The summed E-state index contributed by atoms with van der Waals surface area (Å²) in [7, 11) is -1.63. The van der Waals surface area contributed by atoms with Crippen LogP contribution in [-0.4, -0.2) is 52.2 Å². The maximum absolute atomic E-state index is 12.5. The van der Waals surface area contributed by atoms with Crippen molar-refractivity contribution in [1.82, 2.24) is 9.62 Å². The highest BCUT2D eigenvalue weighted by molar-refractivity contribution is 7.88. The van der Waals surface area contributed by atoms with Gasteiger partial charge in [0.05, 0.1) is 13.4 Å². The van der Waals surface area contributed by atoms with Gasteiger partial charge >= 0.3 is 0 Å². The largest absolute Gasteiger partial charge is 0.497 e. The lowest BCUT2D eigenvalue weighted by Crippen LogP contribution is -2.43. The smallest absolute Gasteiger partial charge is 0.253 e. The minimum atomic E-state index is -3.19. The Bertz CT molecular complexity index is 630. The highest BCUT2D eigenvalue weighted by atomic mass is 32.2. The Morgan fingerprint density at radius 2 is 2.23 bits per heavy atom. The number of piperidine rings is 1. The van der Waals surface area contributed by atoms with E-state index in [1.165, 1.54) is 0 Å². The van der Waals surface area contributed by atoms with Crippen LogP contribution < -0.4 is 9.46 Å². The number of benzene rings is 1. The fourth-order valence-electron chi connectivity index (χ4n) is 2.62. The lowest BCUT2D eigenvalue weighted by Gasteiger charge is -2.32. The summed E-state index contributed by atoms with van der Waals surface area (Å²) in [6.45, 7) is 1.64.